The maximum absolute atomic E-state index is 13.6. The molecule has 0 N–H and O–H groups in total. The van der Waals surface area contributed by atoms with Crippen molar-refractivity contribution in [3.8, 4) is 5.88 Å². The fraction of sp³-hybridized carbons (Fsp3) is 0.250. The van der Waals surface area contributed by atoms with Gasteiger partial charge in [0.1, 0.15) is 5.02 Å². The van der Waals surface area contributed by atoms with Crippen LogP contribution in [0.1, 0.15) is 13.3 Å². The van der Waals surface area contributed by atoms with Gasteiger partial charge in [-0.15, -0.1) is 0 Å². The number of benzene rings is 1. The summed E-state index contributed by atoms with van der Waals surface area (Å²) < 4.78 is 18.9. The minimum absolute atomic E-state index is 0.166. The maximum Gasteiger partial charge on any atom is 0.235 e. The Labute approximate surface area is 98.0 Å². The van der Waals surface area contributed by atoms with E-state index in [1.807, 2.05) is 6.92 Å². The lowest BCUT2D eigenvalue weighted by Gasteiger charge is -2.08. The van der Waals surface area contributed by atoms with Crippen molar-refractivity contribution in [2.24, 2.45) is 0 Å². The van der Waals surface area contributed by atoms with Crippen LogP contribution in [0.2, 0.25) is 5.02 Å². The van der Waals surface area contributed by atoms with Crippen LogP contribution >= 0.6 is 11.6 Å². The monoisotopic (exact) mass is 239 g/mol. The fourth-order valence-electron chi connectivity index (χ4n) is 1.46. The van der Waals surface area contributed by atoms with Gasteiger partial charge >= 0.3 is 0 Å². The Hall–Kier alpha value is -1.35. The van der Waals surface area contributed by atoms with Gasteiger partial charge in [-0.1, -0.05) is 36.7 Å². The van der Waals surface area contributed by atoms with E-state index in [2.05, 4.69) is 4.98 Å². The first-order chi connectivity index (χ1) is 7.74. The lowest BCUT2D eigenvalue weighted by atomic mass is 10.2. The van der Waals surface area contributed by atoms with Crippen LogP contribution < -0.4 is 4.74 Å². The summed E-state index contributed by atoms with van der Waals surface area (Å²) in [6.07, 6.45) is 0.826. The van der Waals surface area contributed by atoms with E-state index in [0.29, 0.717) is 22.4 Å². The van der Waals surface area contributed by atoms with Crippen molar-refractivity contribution in [1.82, 2.24) is 4.98 Å². The lowest BCUT2D eigenvalue weighted by molar-refractivity contribution is 0.301. The summed E-state index contributed by atoms with van der Waals surface area (Å²) in [5.74, 6) is -0.384. The highest BCUT2D eigenvalue weighted by Crippen LogP contribution is 2.32. The first-order valence-electron chi connectivity index (χ1n) is 5.10. The van der Waals surface area contributed by atoms with Gasteiger partial charge in [0.25, 0.3) is 0 Å². The summed E-state index contributed by atoms with van der Waals surface area (Å²) in [6.45, 7) is 2.44. The predicted octanol–water partition coefficient (Wildman–Crippen LogP) is 3.82. The van der Waals surface area contributed by atoms with Gasteiger partial charge in [-0.2, -0.15) is 9.37 Å². The summed E-state index contributed by atoms with van der Waals surface area (Å²) in [6, 6.07) is 6.95. The van der Waals surface area contributed by atoms with E-state index in [0.717, 1.165) is 6.42 Å². The topological polar surface area (TPSA) is 22.1 Å². The van der Waals surface area contributed by atoms with Crippen LogP contribution in [-0.2, 0) is 0 Å². The van der Waals surface area contributed by atoms with E-state index in [9.17, 15) is 4.39 Å². The number of halogens is 2. The average Bonchev–Trinajstić information content (AvgIpc) is 2.32. The van der Waals surface area contributed by atoms with Crippen molar-refractivity contribution in [2.45, 2.75) is 13.3 Å². The van der Waals surface area contributed by atoms with Gasteiger partial charge in [-0.3, -0.25) is 0 Å². The molecule has 2 rings (SSSR count). The van der Waals surface area contributed by atoms with Crippen LogP contribution in [0.3, 0.4) is 0 Å². The van der Waals surface area contributed by atoms with Gasteiger partial charge in [-0.05, 0) is 12.5 Å². The van der Waals surface area contributed by atoms with Crippen molar-refractivity contribution in [3.63, 3.8) is 0 Å². The zero-order chi connectivity index (χ0) is 11.5. The molecule has 0 amide bonds. The molecule has 0 aliphatic carbocycles. The van der Waals surface area contributed by atoms with E-state index in [-0.39, 0.29) is 5.88 Å². The zero-order valence-electron chi connectivity index (χ0n) is 8.84. The number of pyridine rings is 1. The molecule has 0 radical (unpaired) electrons. The zero-order valence-corrected chi connectivity index (χ0v) is 9.59. The molecule has 0 saturated heterocycles. The lowest BCUT2D eigenvalue weighted by Crippen LogP contribution is -2.00. The minimum Gasteiger partial charge on any atom is -0.477 e. The molecule has 0 aliphatic rings. The van der Waals surface area contributed by atoms with E-state index >= 15 is 0 Å². The molecule has 1 aromatic carbocycles. The van der Waals surface area contributed by atoms with E-state index in [1.165, 1.54) is 0 Å². The second kappa shape index (κ2) is 4.66. The molecule has 0 atom stereocenters. The number of ether oxygens (including phenoxy) is 1. The summed E-state index contributed by atoms with van der Waals surface area (Å²) in [4.78, 5) is 3.72. The average molecular weight is 240 g/mol. The Bertz CT molecular complexity index is 516. The highest BCUT2D eigenvalue weighted by molar-refractivity contribution is 6.36. The van der Waals surface area contributed by atoms with Gasteiger partial charge in [-0.25, -0.2) is 0 Å². The van der Waals surface area contributed by atoms with Crippen molar-refractivity contribution in [1.29, 1.82) is 0 Å². The van der Waals surface area contributed by atoms with Gasteiger partial charge in [0.05, 0.1) is 6.61 Å². The molecule has 4 heteroatoms. The first-order valence-corrected chi connectivity index (χ1v) is 5.48. The van der Waals surface area contributed by atoms with Crippen LogP contribution in [0.4, 0.5) is 4.39 Å². The molecule has 0 bridgehead atoms. The molecule has 2 aromatic rings. The third kappa shape index (κ3) is 1.95. The SMILES string of the molecule is CCCOc1nc(F)c2ccccc2c1Cl. The van der Waals surface area contributed by atoms with Gasteiger partial charge in [0, 0.05) is 10.8 Å². The van der Waals surface area contributed by atoms with Crippen LogP contribution in [0.25, 0.3) is 10.8 Å². The van der Waals surface area contributed by atoms with Crippen molar-refractivity contribution < 1.29 is 9.13 Å². The fourth-order valence-corrected chi connectivity index (χ4v) is 1.72. The standard InChI is InChI=1S/C12H11ClFNO/c1-2-7-16-12-10(13)8-5-3-4-6-9(8)11(14)15-12/h3-6H,2,7H2,1H3. The largest absolute Gasteiger partial charge is 0.477 e. The molecule has 16 heavy (non-hydrogen) atoms. The third-order valence-electron chi connectivity index (χ3n) is 2.22. The van der Waals surface area contributed by atoms with E-state index in [1.54, 1.807) is 24.3 Å². The molecule has 0 spiro atoms. The Morgan fingerprint density at radius 2 is 2.00 bits per heavy atom. The van der Waals surface area contributed by atoms with Crippen LogP contribution in [0.5, 0.6) is 5.88 Å². The quantitative estimate of drug-likeness (QED) is 0.760. The number of nitrogens with zero attached hydrogens (tertiary/aromatic N) is 1. The van der Waals surface area contributed by atoms with Crippen LogP contribution in [0.15, 0.2) is 24.3 Å². The predicted molar refractivity (Wildman–Crippen MR) is 62.5 cm³/mol. The minimum atomic E-state index is -0.550. The van der Waals surface area contributed by atoms with Gasteiger partial charge < -0.3 is 4.74 Å². The normalized spacial score (nSPS) is 10.7. The van der Waals surface area contributed by atoms with Crippen molar-refractivity contribution >= 4 is 22.4 Å². The van der Waals surface area contributed by atoms with Gasteiger partial charge in [0.15, 0.2) is 0 Å². The second-order valence-electron chi connectivity index (χ2n) is 3.42. The number of rotatable bonds is 3. The van der Waals surface area contributed by atoms with Crippen molar-refractivity contribution in [3.05, 3.63) is 35.2 Å². The molecule has 0 aliphatic heterocycles. The molecular formula is C12H11ClFNO. The van der Waals surface area contributed by atoms with E-state index in [4.69, 9.17) is 16.3 Å². The maximum atomic E-state index is 13.6. The third-order valence-corrected chi connectivity index (χ3v) is 2.58. The summed E-state index contributed by atoms with van der Waals surface area (Å²) >= 11 is 6.10. The highest BCUT2D eigenvalue weighted by Gasteiger charge is 2.12. The van der Waals surface area contributed by atoms with E-state index < -0.39 is 5.95 Å². The number of hydrogen-bond acceptors (Lipinski definition) is 2. The number of aromatic nitrogens is 1. The number of fused-ring (bicyclic) bond motifs is 1. The molecule has 2 nitrogen and oxygen atoms in total. The number of hydrogen-bond donors (Lipinski definition) is 0. The van der Waals surface area contributed by atoms with Crippen LogP contribution in [0, 0.1) is 5.95 Å². The molecule has 1 aromatic heterocycles. The molecule has 0 unspecified atom stereocenters. The van der Waals surface area contributed by atoms with Crippen LogP contribution in [-0.4, -0.2) is 11.6 Å². The molecule has 1 heterocycles. The molecule has 0 fully saturated rings. The Balaban J connectivity index is 2.56. The smallest absolute Gasteiger partial charge is 0.235 e. The first kappa shape index (κ1) is 11.1. The Kier molecular flexibility index (Phi) is 3.25. The molecule has 0 saturated carbocycles. The van der Waals surface area contributed by atoms with Crippen molar-refractivity contribution in [2.75, 3.05) is 6.61 Å². The second-order valence-corrected chi connectivity index (χ2v) is 3.79. The summed E-state index contributed by atoms with van der Waals surface area (Å²) in [5, 5.41) is 1.41. The summed E-state index contributed by atoms with van der Waals surface area (Å²) in [5.41, 5.74) is 0. The van der Waals surface area contributed by atoms with Gasteiger partial charge in [0.2, 0.25) is 11.8 Å². The highest BCUT2D eigenvalue weighted by atomic mass is 35.5. The Morgan fingerprint density at radius 3 is 2.69 bits per heavy atom. The summed E-state index contributed by atoms with van der Waals surface area (Å²) in [7, 11) is 0. The molecular weight excluding hydrogens is 229 g/mol. The Morgan fingerprint density at radius 1 is 1.31 bits per heavy atom. The molecule has 84 valence electrons.